The summed E-state index contributed by atoms with van der Waals surface area (Å²) in [5, 5.41) is 7.79. The molecule has 1 saturated heterocycles. The van der Waals surface area contributed by atoms with Crippen molar-refractivity contribution in [1.29, 1.82) is 0 Å². The number of amides is 3. The number of hydrogen-bond acceptors (Lipinski definition) is 8. The van der Waals surface area contributed by atoms with E-state index in [-0.39, 0.29) is 24.8 Å². The van der Waals surface area contributed by atoms with E-state index in [1.54, 1.807) is 11.8 Å². The van der Waals surface area contributed by atoms with Crippen molar-refractivity contribution in [2.24, 2.45) is 11.8 Å². The minimum absolute atomic E-state index is 0.109. The third-order valence-corrected chi connectivity index (χ3v) is 15.9. The highest BCUT2D eigenvalue weighted by Crippen LogP contribution is 2.47. The second kappa shape index (κ2) is 14.5. The lowest BCUT2D eigenvalue weighted by Crippen LogP contribution is -2.70. The van der Waals surface area contributed by atoms with Crippen molar-refractivity contribution >= 4 is 38.6 Å². The summed E-state index contributed by atoms with van der Waals surface area (Å²) < 4.78 is 35.0. The van der Waals surface area contributed by atoms with Crippen molar-refractivity contribution in [3.05, 3.63) is 47.7 Å². The molecule has 3 N–H and O–H groups in total. The average molecular weight is 760 g/mol. The molecule has 12 heteroatoms. The Morgan fingerprint density at radius 1 is 1.02 bits per heavy atom. The van der Waals surface area contributed by atoms with Crippen LogP contribution in [0, 0.1) is 18.8 Å². The van der Waals surface area contributed by atoms with Crippen LogP contribution in [-0.4, -0.2) is 77.1 Å². The summed E-state index contributed by atoms with van der Waals surface area (Å²) in [5.74, 6) is -0.197. The lowest BCUT2D eigenvalue weighted by molar-refractivity contribution is -0.144. The fraction of sp³-hybridized carbons (Fsp3) is 0.667. The zero-order chi connectivity index (χ0) is 37.7. The minimum Gasteiger partial charge on any atom is -0.483 e. The smallest absolute Gasteiger partial charge is 0.259 e. The van der Waals surface area contributed by atoms with Gasteiger partial charge in [0.05, 0.1) is 28.5 Å². The Morgan fingerprint density at radius 2 is 1.80 bits per heavy atom. The summed E-state index contributed by atoms with van der Waals surface area (Å²) in [7, 11) is -3.94. The lowest BCUT2D eigenvalue weighted by atomic mass is 9.65. The first kappa shape index (κ1) is 37.4. The fourth-order valence-electron chi connectivity index (χ4n) is 9.83. The molecule has 1 spiro atoms. The Balaban J connectivity index is 1.12. The number of carbonyl (C=O) groups is 3. The van der Waals surface area contributed by atoms with Gasteiger partial charge in [0.2, 0.25) is 21.8 Å². The molecule has 292 valence electrons. The van der Waals surface area contributed by atoms with Gasteiger partial charge in [-0.1, -0.05) is 68.9 Å². The zero-order valence-electron chi connectivity index (χ0n) is 32.0. The highest BCUT2D eigenvalue weighted by molar-refractivity contribution is 7.91. The minimum atomic E-state index is -3.94. The van der Waals surface area contributed by atoms with Crippen LogP contribution in [0.1, 0.15) is 121 Å². The maximum atomic E-state index is 14.9. The van der Waals surface area contributed by atoms with Crippen LogP contribution in [0.5, 0.6) is 5.75 Å². The number of nitrogens with zero attached hydrogens (tertiary/aromatic N) is 2. The third kappa shape index (κ3) is 6.94. The van der Waals surface area contributed by atoms with Gasteiger partial charge in [-0.3, -0.25) is 19.1 Å². The molecule has 0 radical (unpaired) electrons. The first-order valence-corrected chi connectivity index (χ1v) is 22.1. The van der Waals surface area contributed by atoms with Crippen LogP contribution in [0.4, 0.5) is 0 Å². The van der Waals surface area contributed by atoms with Crippen molar-refractivity contribution in [3.8, 4) is 5.75 Å². The molecule has 3 saturated carbocycles. The first-order chi connectivity index (χ1) is 25.9. The Kier molecular flexibility index (Phi) is 10.1. The number of carbonyl (C=O) groups excluding carboxylic acids is 3. The largest absolute Gasteiger partial charge is 0.483 e. The summed E-state index contributed by atoms with van der Waals surface area (Å²) in [6.07, 6.45) is 17.9. The highest BCUT2D eigenvalue weighted by atomic mass is 32.2. The molecule has 3 amide bonds. The van der Waals surface area contributed by atoms with Crippen molar-refractivity contribution in [1.82, 2.24) is 25.2 Å². The fourth-order valence-corrected chi connectivity index (χ4v) is 11.1. The number of fused-ring (bicyclic) bond motifs is 5. The molecule has 6 aliphatic rings. The summed E-state index contributed by atoms with van der Waals surface area (Å²) in [5.41, 5.74) is 0.534. The number of benzene rings is 1. The number of nitrogens with one attached hydrogen (secondary N) is 3. The van der Waals surface area contributed by atoms with Gasteiger partial charge in [0.1, 0.15) is 22.9 Å². The average Bonchev–Trinajstić information content (AvgIpc) is 3.52. The van der Waals surface area contributed by atoms with Gasteiger partial charge in [-0.25, -0.2) is 13.4 Å². The highest BCUT2D eigenvalue weighted by Gasteiger charge is 2.59. The SMILES string of the molecule is Cc1nc2ccccc2c2c1O[C@]1(CC2)C[C@H]2C(=O)N[C@]3(C(=O)NS(=O)(=O)C4(C)CC4)CC[C@H]3/C=C\CCCCC[C@H](NCCC3CCCC3)C(=O)N2C1. The maximum Gasteiger partial charge on any atom is 0.259 e. The number of para-hydroxylation sites is 1. The van der Waals surface area contributed by atoms with Crippen LogP contribution >= 0.6 is 0 Å². The van der Waals surface area contributed by atoms with Crippen LogP contribution in [0.2, 0.25) is 0 Å². The van der Waals surface area contributed by atoms with Crippen LogP contribution in [-0.2, 0) is 30.8 Å². The standard InChI is InChI=1S/C42H57N5O6S/c1-28-36-32(31-15-10-11-16-33(31)44-28)19-21-41(53-36)26-35-37(48)45-42(39(50)46-54(51,52)40(2)23-24-40)22-18-30(42)14-6-4-3-5-7-17-34(38(49)47(35)27-41)43-25-20-29-12-8-9-13-29/h6,10-11,14-16,29-30,34-35,43H,3-5,7-9,12-13,17-27H2,1-2H3,(H,45,48)(H,46,50)/b14-6-/t30-,34+,35+,41-,42-/m1/s1. The number of sulfonamides is 1. The second-order valence-corrected chi connectivity index (χ2v) is 19.7. The number of hydrogen-bond donors (Lipinski definition) is 3. The van der Waals surface area contributed by atoms with E-state index in [9.17, 15) is 22.8 Å². The molecular weight excluding hydrogens is 703 g/mol. The zero-order valence-corrected chi connectivity index (χ0v) is 32.8. The predicted molar refractivity (Wildman–Crippen MR) is 207 cm³/mol. The normalized spacial score (nSPS) is 32.0. The molecule has 0 bridgehead atoms. The van der Waals surface area contributed by atoms with Crippen LogP contribution in [0.25, 0.3) is 10.9 Å². The number of ether oxygens (including phenoxy) is 1. The van der Waals surface area contributed by atoms with Crippen LogP contribution < -0.4 is 20.1 Å². The molecule has 4 heterocycles. The van der Waals surface area contributed by atoms with Crippen LogP contribution in [0.15, 0.2) is 36.4 Å². The van der Waals surface area contributed by atoms with E-state index >= 15 is 0 Å². The van der Waals surface area contributed by atoms with Gasteiger partial charge in [-0.2, -0.15) is 0 Å². The number of pyridine rings is 1. The summed E-state index contributed by atoms with van der Waals surface area (Å²) in [6, 6.07) is 6.71. The van der Waals surface area contributed by atoms with Gasteiger partial charge in [0.15, 0.2) is 0 Å². The van der Waals surface area contributed by atoms with E-state index in [1.807, 2.05) is 31.2 Å². The van der Waals surface area contributed by atoms with Gasteiger partial charge >= 0.3 is 0 Å². The second-order valence-electron chi connectivity index (χ2n) is 17.5. The first-order valence-electron chi connectivity index (χ1n) is 20.6. The van der Waals surface area contributed by atoms with E-state index < -0.39 is 49.8 Å². The maximum absolute atomic E-state index is 14.9. The van der Waals surface area contributed by atoms with Crippen molar-refractivity contribution < 1.29 is 27.5 Å². The Bertz CT molecular complexity index is 1940. The summed E-state index contributed by atoms with van der Waals surface area (Å²) in [4.78, 5) is 50.4. The molecule has 54 heavy (non-hydrogen) atoms. The van der Waals surface area contributed by atoms with Gasteiger partial charge < -0.3 is 20.3 Å². The van der Waals surface area contributed by atoms with Gasteiger partial charge in [0, 0.05) is 23.3 Å². The predicted octanol–water partition coefficient (Wildman–Crippen LogP) is 5.53. The van der Waals surface area contributed by atoms with Crippen LogP contribution in [0.3, 0.4) is 0 Å². The van der Waals surface area contributed by atoms with E-state index in [4.69, 9.17) is 9.72 Å². The lowest BCUT2D eigenvalue weighted by Gasteiger charge is -2.48. The topological polar surface area (TPSA) is 147 Å². The molecule has 8 rings (SSSR count). The third-order valence-electron chi connectivity index (χ3n) is 13.8. The molecule has 1 aromatic carbocycles. The van der Waals surface area contributed by atoms with E-state index in [0.717, 1.165) is 66.6 Å². The van der Waals surface area contributed by atoms with Crippen molar-refractivity contribution in [2.75, 3.05) is 13.1 Å². The molecule has 3 aliphatic carbocycles. The van der Waals surface area contributed by atoms with Gasteiger partial charge in [0.25, 0.3) is 5.91 Å². The molecular formula is C42H57N5O6S. The summed E-state index contributed by atoms with van der Waals surface area (Å²) >= 11 is 0. The molecule has 1 aromatic heterocycles. The molecule has 11 nitrogen and oxygen atoms in total. The Morgan fingerprint density at radius 3 is 2.56 bits per heavy atom. The van der Waals surface area contributed by atoms with Gasteiger partial charge in [-0.05, 0) is 96.6 Å². The summed E-state index contributed by atoms with van der Waals surface area (Å²) in [6.45, 7) is 4.59. The molecule has 3 aliphatic heterocycles. The quantitative estimate of drug-likeness (QED) is 0.313. The molecule has 0 unspecified atom stereocenters. The number of aromatic nitrogens is 1. The van der Waals surface area contributed by atoms with E-state index in [1.165, 1.54) is 25.7 Å². The monoisotopic (exact) mass is 759 g/mol. The van der Waals surface area contributed by atoms with E-state index in [2.05, 4.69) is 27.5 Å². The molecule has 4 fully saturated rings. The molecule has 5 atom stereocenters. The van der Waals surface area contributed by atoms with Crippen molar-refractivity contribution in [3.63, 3.8) is 0 Å². The number of allylic oxidation sites excluding steroid dienone is 1. The Hall–Kier alpha value is -3.51. The Labute approximate surface area is 319 Å². The van der Waals surface area contributed by atoms with Gasteiger partial charge in [-0.15, -0.1) is 0 Å². The van der Waals surface area contributed by atoms with E-state index in [0.29, 0.717) is 50.9 Å². The number of aryl methyl sites for hydroxylation is 2. The van der Waals surface area contributed by atoms with Crippen molar-refractivity contribution in [2.45, 2.75) is 151 Å². The number of rotatable bonds is 7. The molecule has 2 aromatic rings.